The summed E-state index contributed by atoms with van der Waals surface area (Å²) in [6.07, 6.45) is 0.360. The molecule has 1 N–H and O–H groups in total. The third-order valence-electron chi connectivity index (χ3n) is 3.20. The summed E-state index contributed by atoms with van der Waals surface area (Å²) in [5, 5.41) is 11.7. The average Bonchev–Trinajstić information content (AvgIpc) is 2.39. The van der Waals surface area contributed by atoms with Gasteiger partial charge in [0.25, 0.3) is 0 Å². The van der Waals surface area contributed by atoms with Crippen molar-refractivity contribution in [3.05, 3.63) is 29.3 Å². The van der Waals surface area contributed by atoms with Gasteiger partial charge in [-0.2, -0.15) is 5.26 Å². The van der Waals surface area contributed by atoms with Gasteiger partial charge in [0.1, 0.15) is 6.04 Å². The summed E-state index contributed by atoms with van der Waals surface area (Å²) in [6, 6.07) is 7.79. The van der Waals surface area contributed by atoms with E-state index in [4.69, 9.17) is 5.26 Å². The number of nitrogens with one attached hydrogen (secondary N) is 1. The second kappa shape index (κ2) is 6.79. The number of hydrogen-bond donors (Lipinski definition) is 1. The van der Waals surface area contributed by atoms with Gasteiger partial charge in [-0.15, -0.1) is 0 Å². The average molecular weight is 259 g/mol. The highest BCUT2D eigenvalue weighted by molar-refractivity contribution is 5.84. The molecule has 0 aliphatic heterocycles. The Morgan fingerprint density at radius 2 is 2.11 bits per heavy atom. The monoisotopic (exact) mass is 259 g/mol. The van der Waals surface area contributed by atoms with E-state index in [1.807, 2.05) is 38.1 Å². The van der Waals surface area contributed by atoms with Gasteiger partial charge in [-0.05, 0) is 44.0 Å². The van der Waals surface area contributed by atoms with Crippen molar-refractivity contribution in [2.75, 3.05) is 18.9 Å². The Balaban J connectivity index is 2.63. The maximum atomic E-state index is 12.1. The minimum absolute atomic E-state index is 0.00604. The standard InChI is InChI=1S/C15H21N3O/c1-11-6-7-14(10-12(11)2)17-13(3)15(19)18(4)9-5-8-16/h6-7,10,13,17H,5,9H2,1-4H3. The first-order chi connectivity index (χ1) is 8.95. The Morgan fingerprint density at radius 1 is 1.42 bits per heavy atom. The maximum Gasteiger partial charge on any atom is 0.244 e. The van der Waals surface area contributed by atoms with Crippen LogP contribution in [0.25, 0.3) is 0 Å². The van der Waals surface area contributed by atoms with Gasteiger partial charge in [0.05, 0.1) is 12.5 Å². The highest BCUT2D eigenvalue weighted by Gasteiger charge is 2.16. The molecule has 0 bridgehead atoms. The highest BCUT2D eigenvalue weighted by atomic mass is 16.2. The Kier molecular flexibility index (Phi) is 5.37. The summed E-state index contributed by atoms with van der Waals surface area (Å²) >= 11 is 0. The number of hydrogen-bond acceptors (Lipinski definition) is 3. The van der Waals surface area contributed by atoms with Crippen LogP contribution in [0.4, 0.5) is 5.69 Å². The molecule has 1 rings (SSSR count). The van der Waals surface area contributed by atoms with E-state index in [2.05, 4.69) is 12.2 Å². The summed E-state index contributed by atoms with van der Waals surface area (Å²) in [7, 11) is 1.72. The van der Waals surface area contributed by atoms with Crippen molar-refractivity contribution in [1.82, 2.24) is 4.90 Å². The maximum absolute atomic E-state index is 12.1. The van der Waals surface area contributed by atoms with Crippen molar-refractivity contribution in [1.29, 1.82) is 5.26 Å². The lowest BCUT2D eigenvalue weighted by Crippen LogP contribution is -2.39. The van der Waals surface area contributed by atoms with Gasteiger partial charge in [0.2, 0.25) is 5.91 Å². The number of rotatable bonds is 5. The van der Waals surface area contributed by atoms with Gasteiger partial charge in [-0.3, -0.25) is 4.79 Å². The molecule has 102 valence electrons. The molecule has 0 aliphatic carbocycles. The molecule has 1 atom stereocenters. The molecule has 0 saturated carbocycles. The van der Waals surface area contributed by atoms with E-state index in [9.17, 15) is 4.79 Å². The summed E-state index contributed by atoms with van der Waals surface area (Å²) < 4.78 is 0. The first-order valence-electron chi connectivity index (χ1n) is 6.41. The van der Waals surface area contributed by atoms with Gasteiger partial charge in [-0.1, -0.05) is 6.07 Å². The first kappa shape index (κ1) is 15.0. The van der Waals surface area contributed by atoms with Crippen LogP contribution < -0.4 is 5.32 Å². The van der Waals surface area contributed by atoms with Crippen LogP contribution >= 0.6 is 0 Å². The van der Waals surface area contributed by atoms with Crippen LogP contribution in [-0.4, -0.2) is 30.4 Å². The fourth-order valence-electron chi connectivity index (χ4n) is 1.80. The molecule has 4 heteroatoms. The summed E-state index contributed by atoms with van der Waals surface area (Å²) in [5.41, 5.74) is 3.37. The number of benzene rings is 1. The molecule has 1 amide bonds. The van der Waals surface area contributed by atoms with Crippen molar-refractivity contribution in [3.8, 4) is 6.07 Å². The number of likely N-dealkylation sites (N-methyl/N-ethyl adjacent to an activating group) is 1. The molecule has 0 fully saturated rings. The normalized spacial score (nSPS) is 11.5. The van der Waals surface area contributed by atoms with E-state index in [1.54, 1.807) is 11.9 Å². The van der Waals surface area contributed by atoms with E-state index >= 15 is 0 Å². The third kappa shape index (κ3) is 4.29. The number of nitrogens with zero attached hydrogens (tertiary/aromatic N) is 2. The van der Waals surface area contributed by atoms with Crippen molar-refractivity contribution in [2.45, 2.75) is 33.2 Å². The van der Waals surface area contributed by atoms with Gasteiger partial charge in [0.15, 0.2) is 0 Å². The smallest absolute Gasteiger partial charge is 0.244 e. The van der Waals surface area contributed by atoms with Crippen LogP contribution in [0.3, 0.4) is 0 Å². The van der Waals surface area contributed by atoms with Crippen molar-refractivity contribution in [2.24, 2.45) is 0 Å². The zero-order chi connectivity index (χ0) is 14.4. The second-order valence-electron chi connectivity index (χ2n) is 4.83. The lowest BCUT2D eigenvalue weighted by molar-refractivity contribution is -0.130. The third-order valence-corrected chi connectivity index (χ3v) is 3.20. The Labute approximate surface area is 115 Å². The minimum atomic E-state index is -0.300. The Bertz CT molecular complexity index is 491. The molecule has 0 aromatic heterocycles. The topological polar surface area (TPSA) is 56.1 Å². The summed E-state index contributed by atoms with van der Waals surface area (Å²) in [4.78, 5) is 13.6. The molecular weight excluding hydrogens is 238 g/mol. The van der Waals surface area contributed by atoms with Crippen molar-refractivity contribution in [3.63, 3.8) is 0 Å². The lowest BCUT2D eigenvalue weighted by atomic mass is 10.1. The molecule has 0 heterocycles. The zero-order valence-corrected chi connectivity index (χ0v) is 12.0. The predicted octanol–water partition coefficient (Wildman–Crippen LogP) is 2.48. The van der Waals surface area contributed by atoms with Crippen LogP contribution in [0.5, 0.6) is 0 Å². The largest absolute Gasteiger partial charge is 0.374 e. The van der Waals surface area contributed by atoms with Gasteiger partial charge >= 0.3 is 0 Å². The van der Waals surface area contributed by atoms with Crippen LogP contribution in [-0.2, 0) is 4.79 Å². The van der Waals surface area contributed by atoms with Crippen LogP contribution in [0.2, 0.25) is 0 Å². The molecule has 0 aliphatic rings. The zero-order valence-electron chi connectivity index (χ0n) is 12.0. The molecule has 0 spiro atoms. The van der Waals surface area contributed by atoms with Gasteiger partial charge in [-0.25, -0.2) is 0 Å². The Morgan fingerprint density at radius 3 is 2.68 bits per heavy atom. The summed E-state index contributed by atoms with van der Waals surface area (Å²) in [5.74, 6) is -0.00604. The number of nitriles is 1. The van der Waals surface area contributed by atoms with Crippen molar-refractivity contribution >= 4 is 11.6 Å². The summed E-state index contributed by atoms with van der Waals surface area (Å²) in [6.45, 7) is 6.41. The molecule has 4 nitrogen and oxygen atoms in total. The van der Waals surface area contributed by atoms with E-state index in [0.29, 0.717) is 13.0 Å². The van der Waals surface area contributed by atoms with E-state index in [-0.39, 0.29) is 11.9 Å². The quantitative estimate of drug-likeness (QED) is 0.883. The molecule has 1 aromatic rings. The fourth-order valence-corrected chi connectivity index (χ4v) is 1.80. The van der Waals surface area contributed by atoms with Crippen LogP contribution in [0, 0.1) is 25.2 Å². The van der Waals surface area contributed by atoms with Crippen LogP contribution in [0.1, 0.15) is 24.5 Å². The number of amides is 1. The highest BCUT2D eigenvalue weighted by Crippen LogP contribution is 2.15. The molecule has 0 radical (unpaired) electrons. The predicted molar refractivity (Wildman–Crippen MR) is 76.9 cm³/mol. The Hall–Kier alpha value is -2.02. The molecule has 0 saturated heterocycles. The molecule has 1 unspecified atom stereocenters. The number of aryl methyl sites for hydroxylation is 2. The van der Waals surface area contributed by atoms with Gasteiger partial charge in [0, 0.05) is 19.3 Å². The van der Waals surface area contributed by atoms with Crippen molar-refractivity contribution < 1.29 is 4.79 Å². The number of carbonyl (C=O) groups excluding carboxylic acids is 1. The fraction of sp³-hybridized carbons (Fsp3) is 0.467. The molecular formula is C15H21N3O. The van der Waals surface area contributed by atoms with E-state index in [0.717, 1.165) is 5.69 Å². The molecule has 19 heavy (non-hydrogen) atoms. The lowest BCUT2D eigenvalue weighted by Gasteiger charge is -2.22. The van der Waals surface area contributed by atoms with E-state index in [1.165, 1.54) is 11.1 Å². The second-order valence-corrected chi connectivity index (χ2v) is 4.83. The van der Waals surface area contributed by atoms with E-state index < -0.39 is 0 Å². The molecule has 1 aromatic carbocycles. The number of anilines is 1. The van der Waals surface area contributed by atoms with Crippen LogP contribution in [0.15, 0.2) is 18.2 Å². The number of carbonyl (C=O) groups is 1. The SMILES string of the molecule is Cc1ccc(NC(C)C(=O)N(C)CCC#N)cc1C. The van der Waals surface area contributed by atoms with Gasteiger partial charge < -0.3 is 10.2 Å². The minimum Gasteiger partial charge on any atom is -0.374 e. The first-order valence-corrected chi connectivity index (χ1v) is 6.41.